The predicted octanol–water partition coefficient (Wildman–Crippen LogP) is 1.75. The van der Waals surface area contributed by atoms with Gasteiger partial charge in [-0.3, -0.25) is 0 Å². The first-order valence-corrected chi connectivity index (χ1v) is 4.21. The Morgan fingerprint density at radius 2 is 2.50 bits per heavy atom. The Balaban J connectivity index is 2.78. The van der Waals surface area contributed by atoms with Gasteiger partial charge >= 0.3 is 0 Å². The third-order valence-electron chi connectivity index (χ3n) is 1.83. The molecule has 0 bridgehead atoms. The van der Waals surface area contributed by atoms with Crippen LogP contribution < -0.4 is 5.73 Å². The molecule has 1 aliphatic rings. The average molecular weight is 165 g/mol. The van der Waals surface area contributed by atoms with Crippen molar-refractivity contribution in [1.29, 1.82) is 0 Å². The third-order valence-corrected chi connectivity index (χ3v) is 1.83. The summed E-state index contributed by atoms with van der Waals surface area (Å²) in [6.07, 6.45) is 6.79. The van der Waals surface area contributed by atoms with Gasteiger partial charge in [-0.2, -0.15) is 0 Å². The smallest absolute Gasteiger partial charge is 0.123 e. The van der Waals surface area contributed by atoms with E-state index in [1.54, 1.807) is 6.08 Å². The van der Waals surface area contributed by atoms with Gasteiger partial charge in [0.15, 0.2) is 0 Å². The van der Waals surface area contributed by atoms with Gasteiger partial charge < -0.3 is 10.5 Å². The first-order valence-electron chi connectivity index (χ1n) is 4.21. The summed E-state index contributed by atoms with van der Waals surface area (Å²) >= 11 is 0. The molecular formula is C10H15NO. The van der Waals surface area contributed by atoms with Crippen LogP contribution in [0.25, 0.3) is 0 Å². The Morgan fingerprint density at radius 3 is 3.08 bits per heavy atom. The second-order valence-corrected chi connectivity index (χ2v) is 2.75. The number of ether oxygens (including phenoxy) is 1. The maximum absolute atomic E-state index is 5.76. The van der Waals surface area contributed by atoms with Crippen molar-refractivity contribution in [3.63, 3.8) is 0 Å². The normalized spacial score (nSPS) is 23.3. The maximum atomic E-state index is 5.76. The van der Waals surface area contributed by atoms with Crippen molar-refractivity contribution in [1.82, 2.24) is 0 Å². The molecule has 1 rings (SSSR count). The molecule has 12 heavy (non-hydrogen) atoms. The van der Waals surface area contributed by atoms with E-state index in [1.165, 1.54) is 0 Å². The van der Waals surface area contributed by atoms with E-state index in [0.29, 0.717) is 6.61 Å². The lowest BCUT2D eigenvalue weighted by atomic mass is 10.1. The van der Waals surface area contributed by atoms with Crippen molar-refractivity contribution in [2.24, 2.45) is 5.73 Å². The van der Waals surface area contributed by atoms with Crippen LogP contribution in [-0.2, 0) is 4.74 Å². The fourth-order valence-corrected chi connectivity index (χ4v) is 1.16. The van der Waals surface area contributed by atoms with E-state index in [4.69, 9.17) is 10.5 Å². The van der Waals surface area contributed by atoms with Gasteiger partial charge in [0, 0.05) is 5.57 Å². The van der Waals surface area contributed by atoms with Gasteiger partial charge in [0.05, 0.1) is 6.04 Å². The van der Waals surface area contributed by atoms with Crippen molar-refractivity contribution in [3.05, 3.63) is 36.1 Å². The summed E-state index contributed by atoms with van der Waals surface area (Å²) < 4.78 is 5.37. The van der Waals surface area contributed by atoms with Gasteiger partial charge in [0.1, 0.15) is 12.4 Å². The summed E-state index contributed by atoms with van der Waals surface area (Å²) in [5, 5.41) is 0. The molecule has 0 aliphatic carbocycles. The van der Waals surface area contributed by atoms with Crippen LogP contribution in [0.5, 0.6) is 0 Å². The topological polar surface area (TPSA) is 35.2 Å². The molecule has 0 spiro atoms. The number of allylic oxidation sites excluding steroid dienone is 2. The molecule has 1 atom stereocenters. The van der Waals surface area contributed by atoms with Crippen LogP contribution in [-0.4, -0.2) is 12.6 Å². The summed E-state index contributed by atoms with van der Waals surface area (Å²) in [6.45, 7) is 6.36. The molecule has 2 N–H and O–H groups in total. The van der Waals surface area contributed by atoms with E-state index in [-0.39, 0.29) is 6.04 Å². The van der Waals surface area contributed by atoms with E-state index in [2.05, 4.69) is 19.6 Å². The Morgan fingerprint density at radius 1 is 1.75 bits per heavy atom. The van der Waals surface area contributed by atoms with Crippen LogP contribution in [0, 0.1) is 0 Å². The van der Waals surface area contributed by atoms with Gasteiger partial charge in [-0.15, -0.1) is 0 Å². The molecule has 0 aromatic heterocycles. The first-order chi connectivity index (χ1) is 5.79. The summed E-state index contributed by atoms with van der Waals surface area (Å²) in [4.78, 5) is 0. The van der Waals surface area contributed by atoms with E-state index in [9.17, 15) is 0 Å². The van der Waals surface area contributed by atoms with Gasteiger partial charge in [-0.25, -0.2) is 0 Å². The van der Waals surface area contributed by atoms with Crippen LogP contribution >= 0.6 is 0 Å². The zero-order valence-electron chi connectivity index (χ0n) is 7.42. The van der Waals surface area contributed by atoms with Gasteiger partial charge in [-0.05, 0) is 12.5 Å². The molecule has 0 saturated carbocycles. The molecule has 2 heteroatoms. The van der Waals surface area contributed by atoms with Crippen LogP contribution in [0.15, 0.2) is 36.1 Å². The highest BCUT2D eigenvalue weighted by Crippen LogP contribution is 2.20. The lowest BCUT2D eigenvalue weighted by molar-refractivity contribution is 0.247. The van der Waals surface area contributed by atoms with E-state index in [0.717, 1.165) is 17.8 Å². The Bertz CT molecular complexity index is 228. The Hall–Kier alpha value is -1.02. The molecule has 1 aliphatic heterocycles. The van der Waals surface area contributed by atoms with Crippen LogP contribution in [0.1, 0.15) is 13.3 Å². The molecule has 0 radical (unpaired) electrons. The highest BCUT2D eigenvalue weighted by molar-refractivity contribution is 5.35. The van der Waals surface area contributed by atoms with Crippen LogP contribution in [0.2, 0.25) is 0 Å². The lowest BCUT2D eigenvalue weighted by Gasteiger charge is -1.98. The fraction of sp³-hybridized carbons (Fsp3) is 0.400. The standard InChI is InChI=1S/C10H15NO/c1-3-5-6-10-8(4-2)9(11)7-12-10/h4-6,9H,2-3,7,11H2,1H3/b6-5-. The van der Waals surface area contributed by atoms with Gasteiger partial charge in [-0.1, -0.05) is 25.7 Å². The van der Waals surface area contributed by atoms with E-state index < -0.39 is 0 Å². The SMILES string of the molecule is C=CC1=C(/C=C\CC)OCC1N. The highest BCUT2D eigenvalue weighted by atomic mass is 16.5. The lowest BCUT2D eigenvalue weighted by Crippen LogP contribution is -2.21. The predicted molar refractivity (Wildman–Crippen MR) is 50.6 cm³/mol. The second kappa shape index (κ2) is 4.12. The number of hydrogen-bond donors (Lipinski definition) is 1. The van der Waals surface area contributed by atoms with Crippen molar-refractivity contribution < 1.29 is 4.74 Å². The molecule has 1 heterocycles. The minimum atomic E-state index is -0.000920. The van der Waals surface area contributed by atoms with Crippen molar-refractivity contribution in [3.8, 4) is 0 Å². The Labute approximate surface area is 73.4 Å². The van der Waals surface area contributed by atoms with Crippen molar-refractivity contribution >= 4 is 0 Å². The van der Waals surface area contributed by atoms with Crippen molar-refractivity contribution in [2.75, 3.05) is 6.61 Å². The molecule has 0 amide bonds. The summed E-state index contributed by atoms with van der Waals surface area (Å²) in [7, 11) is 0. The Kier molecular flexibility index (Phi) is 3.11. The average Bonchev–Trinajstić information content (AvgIpc) is 2.43. The maximum Gasteiger partial charge on any atom is 0.123 e. The third kappa shape index (κ3) is 1.77. The van der Waals surface area contributed by atoms with E-state index in [1.807, 2.05) is 6.08 Å². The molecule has 66 valence electrons. The number of hydrogen-bond acceptors (Lipinski definition) is 2. The zero-order valence-corrected chi connectivity index (χ0v) is 7.42. The highest BCUT2D eigenvalue weighted by Gasteiger charge is 2.19. The first kappa shape index (κ1) is 9.07. The fourth-order valence-electron chi connectivity index (χ4n) is 1.16. The summed E-state index contributed by atoms with van der Waals surface area (Å²) in [5.74, 6) is 0.874. The quantitative estimate of drug-likeness (QED) is 0.691. The molecular weight excluding hydrogens is 150 g/mol. The van der Waals surface area contributed by atoms with Crippen molar-refractivity contribution in [2.45, 2.75) is 19.4 Å². The molecule has 0 fully saturated rings. The molecule has 0 saturated heterocycles. The van der Waals surface area contributed by atoms with Crippen LogP contribution in [0.3, 0.4) is 0 Å². The molecule has 0 aromatic rings. The summed E-state index contributed by atoms with van der Waals surface area (Å²) in [6, 6.07) is -0.000920. The van der Waals surface area contributed by atoms with Crippen LogP contribution in [0.4, 0.5) is 0 Å². The number of nitrogens with two attached hydrogens (primary N) is 1. The zero-order chi connectivity index (χ0) is 8.97. The molecule has 2 nitrogen and oxygen atoms in total. The van der Waals surface area contributed by atoms with E-state index >= 15 is 0 Å². The largest absolute Gasteiger partial charge is 0.491 e. The van der Waals surface area contributed by atoms with Gasteiger partial charge in [0.2, 0.25) is 0 Å². The molecule has 0 aromatic carbocycles. The monoisotopic (exact) mass is 165 g/mol. The molecule has 1 unspecified atom stereocenters. The number of rotatable bonds is 3. The minimum Gasteiger partial charge on any atom is -0.491 e. The second-order valence-electron chi connectivity index (χ2n) is 2.75. The summed E-state index contributed by atoms with van der Waals surface area (Å²) in [5.41, 5.74) is 6.78. The van der Waals surface area contributed by atoms with Gasteiger partial charge in [0.25, 0.3) is 0 Å². The minimum absolute atomic E-state index is 0.000920.